The fourth-order valence-electron chi connectivity index (χ4n) is 6.26. The van der Waals surface area contributed by atoms with Crippen LogP contribution in [0.2, 0.25) is 0 Å². The second kappa shape index (κ2) is 37.4. The zero-order valence-corrected chi connectivity index (χ0v) is 30.9. The molecule has 3 N–H and O–H groups in total. The maximum absolute atomic E-state index is 12.2. The van der Waals surface area contributed by atoms with E-state index in [0.717, 1.165) is 25.7 Å². The van der Waals surface area contributed by atoms with E-state index < -0.39 is 0 Å². The Morgan fingerprint density at radius 2 is 0.689 bits per heavy atom. The number of amides is 2. The van der Waals surface area contributed by atoms with Crippen molar-refractivity contribution in [2.45, 2.75) is 232 Å². The Kier molecular flexibility index (Phi) is 36.4. The van der Waals surface area contributed by atoms with E-state index in [9.17, 15) is 9.59 Å². The van der Waals surface area contributed by atoms with Gasteiger partial charge >= 0.3 is 0 Å². The molecule has 0 spiro atoms. The monoisotopic (exact) mass is 636 g/mol. The predicted molar refractivity (Wildman–Crippen MR) is 198 cm³/mol. The Morgan fingerprint density at radius 1 is 0.400 bits per heavy atom. The third-order valence-corrected chi connectivity index (χ3v) is 9.29. The van der Waals surface area contributed by atoms with Crippen LogP contribution in [0.3, 0.4) is 0 Å². The smallest absolute Gasteiger partial charge is 0.221 e. The molecule has 0 saturated heterocycles. The summed E-state index contributed by atoms with van der Waals surface area (Å²) in [5, 5.41) is 9.35. The van der Waals surface area contributed by atoms with E-state index in [-0.39, 0.29) is 18.0 Å². The summed E-state index contributed by atoms with van der Waals surface area (Å²) >= 11 is 0. The minimum atomic E-state index is -0.0682. The standard InChI is InChI=1S/C40H81N3O2/c1-4-6-8-10-12-14-16-18-20-22-24-26-28-30-32-34-39(44)42-37-36-41-38(3)43-40(45)35-33-31-29-27-25-23-21-19-17-15-13-11-9-7-5-2/h38,41H,4-37H2,1-3H3,(H,42,44)(H,43,45). The zero-order chi connectivity index (χ0) is 32.9. The van der Waals surface area contributed by atoms with Crippen LogP contribution in [0.5, 0.6) is 0 Å². The summed E-state index contributed by atoms with van der Waals surface area (Å²) in [6, 6.07) is 0. The predicted octanol–water partition coefficient (Wildman–Crippen LogP) is 11.7. The highest BCUT2D eigenvalue weighted by molar-refractivity contribution is 5.76. The molecule has 1 unspecified atom stereocenters. The third-order valence-electron chi connectivity index (χ3n) is 9.29. The molecular weight excluding hydrogens is 554 g/mol. The first-order chi connectivity index (χ1) is 22.1. The summed E-state index contributed by atoms with van der Waals surface area (Å²) in [7, 11) is 0. The van der Waals surface area contributed by atoms with Gasteiger partial charge in [0.15, 0.2) is 0 Å². The largest absolute Gasteiger partial charge is 0.355 e. The highest BCUT2D eigenvalue weighted by Crippen LogP contribution is 2.15. The Morgan fingerprint density at radius 3 is 1.02 bits per heavy atom. The van der Waals surface area contributed by atoms with Gasteiger partial charge in [-0.15, -0.1) is 0 Å². The molecule has 0 aliphatic heterocycles. The highest BCUT2D eigenvalue weighted by atomic mass is 16.2. The summed E-state index contributed by atoms with van der Waals surface area (Å²) < 4.78 is 0. The van der Waals surface area contributed by atoms with Crippen molar-refractivity contribution in [2.75, 3.05) is 13.1 Å². The molecule has 0 bridgehead atoms. The van der Waals surface area contributed by atoms with Crippen molar-refractivity contribution in [3.8, 4) is 0 Å². The van der Waals surface area contributed by atoms with Gasteiger partial charge in [-0.25, -0.2) is 0 Å². The first kappa shape index (κ1) is 43.9. The number of carbonyl (C=O) groups excluding carboxylic acids is 2. The van der Waals surface area contributed by atoms with Gasteiger partial charge in [0.2, 0.25) is 11.8 Å². The van der Waals surface area contributed by atoms with Gasteiger partial charge < -0.3 is 10.6 Å². The number of nitrogens with one attached hydrogen (secondary N) is 3. The number of unbranched alkanes of at least 4 members (excludes halogenated alkanes) is 28. The summed E-state index contributed by atoms with van der Waals surface area (Å²) in [5.41, 5.74) is 0. The third kappa shape index (κ3) is 37.2. The molecule has 268 valence electrons. The lowest BCUT2D eigenvalue weighted by molar-refractivity contribution is -0.122. The topological polar surface area (TPSA) is 70.2 Å². The SMILES string of the molecule is CCCCCCCCCCCCCCCCCC(=O)NCCNC(C)NC(=O)CCCCCCCCCCCCCCCCC. The van der Waals surface area contributed by atoms with Gasteiger partial charge in [-0.05, 0) is 19.8 Å². The van der Waals surface area contributed by atoms with Crippen LogP contribution in [0, 0.1) is 0 Å². The van der Waals surface area contributed by atoms with Crippen LogP contribution < -0.4 is 16.0 Å². The van der Waals surface area contributed by atoms with E-state index in [1.165, 1.54) is 167 Å². The Bertz CT molecular complexity index is 612. The first-order valence-electron chi connectivity index (χ1n) is 20.4. The molecule has 0 aromatic heterocycles. The van der Waals surface area contributed by atoms with Crippen LogP contribution in [0.1, 0.15) is 226 Å². The molecule has 0 saturated carbocycles. The molecular formula is C40H81N3O2. The fourth-order valence-corrected chi connectivity index (χ4v) is 6.26. The van der Waals surface area contributed by atoms with Gasteiger partial charge in [-0.2, -0.15) is 0 Å². The molecule has 0 rings (SSSR count). The molecule has 2 amide bonds. The lowest BCUT2D eigenvalue weighted by Gasteiger charge is -2.16. The van der Waals surface area contributed by atoms with Gasteiger partial charge in [0.25, 0.3) is 0 Å². The summed E-state index contributed by atoms with van der Waals surface area (Å²) in [6.45, 7) is 7.82. The second-order valence-electron chi connectivity index (χ2n) is 14.0. The van der Waals surface area contributed by atoms with Crippen LogP contribution in [0.4, 0.5) is 0 Å². The van der Waals surface area contributed by atoms with Gasteiger partial charge in [-0.3, -0.25) is 14.9 Å². The van der Waals surface area contributed by atoms with E-state index in [0.29, 0.717) is 25.9 Å². The molecule has 0 heterocycles. The summed E-state index contributed by atoms with van der Waals surface area (Å²) in [4.78, 5) is 24.3. The summed E-state index contributed by atoms with van der Waals surface area (Å²) in [6.07, 6.45) is 41.4. The van der Waals surface area contributed by atoms with Crippen molar-refractivity contribution < 1.29 is 9.59 Å². The molecule has 0 radical (unpaired) electrons. The van der Waals surface area contributed by atoms with E-state index in [1.54, 1.807) is 0 Å². The van der Waals surface area contributed by atoms with Gasteiger partial charge in [-0.1, -0.05) is 194 Å². The van der Waals surface area contributed by atoms with Crippen LogP contribution in [0.15, 0.2) is 0 Å². The second-order valence-corrected chi connectivity index (χ2v) is 14.0. The number of carbonyl (C=O) groups is 2. The van der Waals surface area contributed by atoms with Gasteiger partial charge in [0.1, 0.15) is 0 Å². The number of hydrogen-bond donors (Lipinski definition) is 3. The van der Waals surface area contributed by atoms with Crippen molar-refractivity contribution in [2.24, 2.45) is 0 Å². The summed E-state index contributed by atoms with van der Waals surface area (Å²) in [5.74, 6) is 0.276. The first-order valence-corrected chi connectivity index (χ1v) is 20.4. The number of hydrogen-bond acceptors (Lipinski definition) is 3. The average Bonchev–Trinajstić information content (AvgIpc) is 3.03. The van der Waals surface area contributed by atoms with Crippen molar-refractivity contribution in [3.05, 3.63) is 0 Å². The minimum absolute atomic E-state index is 0.0682. The molecule has 0 aromatic carbocycles. The Balaban J connectivity index is 3.36. The van der Waals surface area contributed by atoms with Crippen LogP contribution >= 0.6 is 0 Å². The molecule has 45 heavy (non-hydrogen) atoms. The molecule has 5 nitrogen and oxygen atoms in total. The number of rotatable bonds is 37. The van der Waals surface area contributed by atoms with Crippen molar-refractivity contribution >= 4 is 11.8 Å². The normalized spacial score (nSPS) is 12.0. The molecule has 0 fully saturated rings. The lowest BCUT2D eigenvalue weighted by atomic mass is 10.0. The van der Waals surface area contributed by atoms with Crippen LogP contribution in [-0.2, 0) is 9.59 Å². The minimum Gasteiger partial charge on any atom is -0.355 e. The quantitative estimate of drug-likeness (QED) is 0.0470. The average molecular weight is 636 g/mol. The maximum atomic E-state index is 12.2. The van der Waals surface area contributed by atoms with Crippen molar-refractivity contribution in [1.82, 2.24) is 16.0 Å². The van der Waals surface area contributed by atoms with Crippen LogP contribution in [0.25, 0.3) is 0 Å². The molecule has 5 heteroatoms. The molecule has 0 aliphatic rings. The molecule has 0 aliphatic carbocycles. The van der Waals surface area contributed by atoms with Crippen molar-refractivity contribution in [3.63, 3.8) is 0 Å². The molecule has 1 atom stereocenters. The van der Waals surface area contributed by atoms with E-state index >= 15 is 0 Å². The Hall–Kier alpha value is -1.10. The van der Waals surface area contributed by atoms with E-state index in [1.807, 2.05) is 6.92 Å². The van der Waals surface area contributed by atoms with E-state index in [2.05, 4.69) is 29.8 Å². The maximum Gasteiger partial charge on any atom is 0.221 e. The molecule has 0 aromatic rings. The highest BCUT2D eigenvalue weighted by Gasteiger charge is 2.07. The zero-order valence-electron chi connectivity index (χ0n) is 30.9. The van der Waals surface area contributed by atoms with Gasteiger partial charge in [0, 0.05) is 25.9 Å². The van der Waals surface area contributed by atoms with Crippen molar-refractivity contribution in [1.29, 1.82) is 0 Å². The van der Waals surface area contributed by atoms with Gasteiger partial charge in [0.05, 0.1) is 6.17 Å². The lowest BCUT2D eigenvalue weighted by Crippen LogP contribution is -2.45. The van der Waals surface area contributed by atoms with E-state index in [4.69, 9.17) is 0 Å². The van der Waals surface area contributed by atoms with Crippen LogP contribution in [-0.4, -0.2) is 31.1 Å². The Labute approximate surface area is 282 Å². The fraction of sp³-hybridized carbons (Fsp3) is 0.950.